The third-order valence-electron chi connectivity index (χ3n) is 3.45. The lowest BCUT2D eigenvalue weighted by Gasteiger charge is -2.09. The summed E-state index contributed by atoms with van der Waals surface area (Å²) in [5, 5.41) is 9.90. The SMILES string of the molecule is Cc1ccc2nc(SCc3cccc(C#N)c3)n(N)c(=O)c2c1. The zero-order chi connectivity index (χ0) is 16.4. The Balaban J connectivity index is 1.94. The molecule has 1 aromatic heterocycles. The molecule has 3 aromatic rings. The molecular formula is C17H14N4OS. The Kier molecular flexibility index (Phi) is 4.04. The number of thioether (sulfide) groups is 1. The van der Waals surface area contributed by atoms with Crippen molar-refractivity contribution < 1.29 is 0 Å². The van der Waals surface area contributed by atoms with Gasteiger partial charge in [-0.05, 0) is 36.8 Å². The van der Waals surface area contributed by atoms with Crippen LogP contribution in [-0.4, -0.2) is 9.66 Å². The zero-order valence-corrected chi connectivity index (χ0v) is 13.3. The fourth-order valence-electron chi connectivity index (χ4n) is 2.27. The number of hydrogen-bond donors (Lipinski definition) is 1. The van der Waals surface area contributed by atoms with Crippen molar-refractivity contribution in [3.05, 3.63) is 69.5 Å². The van der Waals surface area contributed by atoms with Gasteiger partial charge in [0.15, 0.2) is 5.16 Å². The van der Waals surface area contributed by atoms with Crippen LogP contribution in [0.4, 0.5) is 0 Å². The van der Waals surface area contributed by atoms with Crippen molar-refractivity contribution in [1.29, 1.82) is 5.26 Å². The van der Waals surface area contributed by atoms with Gasteiger partial charge in [-0.1, -0.05) is 35.5 Å². The molecule has 0 saturated heterocycles. The molecular weight excluding hydrogens is 308 g/mol. The quantitative estimate of drug-likeness (QED) is 0.455. The van der Waals surface area contributed by atoms with Gasteiger partial charge in [0.2, 0.25) is 0 Å². The molecule has 23 heavy (non-hydrogen) atoms. The van der Waals surface area contributed by atoms with Crippen LogP contribution in [-0.2, 0) is 5.75 Å². The van der Waals surface area contributed by atoms with E-state index < -0.39 is 0 Å². The van der Waals surface area contributed by atoms with Crippen molar-refractivity contribution >= 4 is 22.7 Å². The Morgan fingerprint density at radius 1 is 1.30 bits per heavy atom. The monoisotopic (exact) mass is 322 g/mol. The number of nitrogens with zero attached hydrogens (tertiary/aromatic N) is 3. The fourth-order valence-corrected chi connectivity index (χ4v) is 3.13. The number of fused-ring (bicyclic) bond motifs is 1. The van der Waals surface area contributed by atoms with Gasteiger partial charge in [0.25, 0.3) is 5.56 Å². The Bertz CT molecular complexity index is 988. The Morgan fingerprint density at radius 2 is 2.13 bits per heavy atom. The summed E-state index contributed by atoms with van der Waals surface area (Å²) in [5.41, 5.74) is 2.95. The van der Waals surface area contributed by atoms with Crippen LogP contribution in [0.15, 0.2) is 52.4 Å². The first-order valence-corrected chi connectivity index (χ1v) is 7.97. The second-order valence-electron chi connectivity index (χ2n) is 5.19. The number of nitrogens with two attached hydrogens (primary N) is 1. The molecule has 0 aliphatic rings. The number of aryl methyl sites for hydroxylation is 1. The van der Waals surface area contributed by atoms with Crippen LogP contribution in [0.5, 0.6) is 0 Å². The molecule has 1 heterocycles. The minimum atomic E-state index is -0.257. The fraction of sp³-hybridized carbons (Fsp3) is 0.118. The summed E-state index contributed by atoms with van der Waals surface area (Å²) in [7, 11) is 0. The number of nitriles is 1. The molecule has 0 spiro atoms. The van der Waals surface area contributed by atoms with Gasteiger partial charge in [0.05, 0.1) is 22.5 Å². The van der Waals surface area contributed by atoms with E-state index in [1.807, 2.05) is 37.3 Å². The molecule has 0 saturated carbocycles. The van der Waals surface area contributed by atoms with E-state index in [9.17, 15) is 4.79 Å². The zero-order valence-electron chi connectivity index (χ0n) is 12.5. The van der Waals surface area contributed by atoms with Gasteiger partial charge < -0.3 is 5.84 Å². The summed E-state index contributed by atoms with van der Waals surface area (Å²) in [6.07, 6.45) is 0. The number of hydrogen-bond acceptors (Lipinski definition) is 5. The van der Waals surface area contributed by atoms with E-state index in [1.165, 1.54) is 11.8 Å². The number of nitrogen functional groups attached to an aromatic ring is 1. The summed E-state index contributed by atoms with van der Waals surface area (Å²) < 4.78 is 1.08. The van der Waals surface area contributed by atoms with Gasteiger partial charge in [-0.3, -0.25) is 4.79 Å². The minimum absolute atomic E-state index is 0.257. The highest BCUT2D eigenvalue weighted by molar-refractivity contribution is 7.98. The lowest BCUT2D eigenvalue weighted by molar-refractivity contribution is 0.779. The summed E-state index contributed by atoms with van der Waals surface area (Å²) in [4.78, 5) is 16.8. The van der Waals surface area contributed by atoms with Crippen molar-refractivity contribution in [2.45, 2.75) is 17.8 Å². The summed E-state index contributed by atoms with van der Waals surface area (Å²) in [6, 6.07) is 15.0. The van der Waals surface area contributed by atoms with Gasteiger partial charge in [-0.15, -0.1) is 0 Å². The van der Waals surface area contributed by atoms with Gasteiger partial charge >= 0.3 is 0 Å². The molecule has 0 atom stereocenters. The first-order chi connectivity index (χ1) is 11.1. The maximum absolute atomic E-state index is 12.4. The first kappa shape index (κ1) is 15.1. The maximum atomic E-state index is 12.4. The Labute approximate surface area is 137 Å². The molecule has 2 aromatic carbocycles. The lowest BCUT2D eigenvalue weighted by Crippen LogP contribution is -2.29. The molecule has 5 nitrogen and oxygen atoms in total. The van der Waals surface area contributed by atoms with E-state index in [1.54, 1.807) is 12.1 Å². The number of aromatic nitrogens is 2. The molecule has 0 amide bonds. The summed E-state index contributed by atoms with van der Waals surface area (Å²) >= 11 is 1.37. The average molecular weight is 322 g/mol. The van der Waals surface area contributed by atoms with E-state index >= 15 is 0 Å². The summed E-state index contributed by atoms with van der Waals surface area (Å²) in [5.74, 6) is 6.47. The molecule has 0 fully saturated rings. The standard InChI is InChI=1S/C17H14N4OS/c1-11-5-6-15-14(7-11)16(22)21(19)17(20-15)23-10-13-4-2-3-12(8-13)9-18/h2-8H,10,19H2,1H3. The largest absolute Gasteiger partial charge is 0.334 e. The highest BCUT2D eigenvalue weighted by atomic mass is 32.2. The average Bonchev–Trinajstić information content (AvgIpc) is 2.57. The minimum Gasteiger partial charge on any atom is -0.334 e. The molecule has 0 bridgehead atoms. The van der Waals surface area contributed by atoms with E-state index in [0.717, 1.165) is 15.8 Å². The van der Waals surface area contributed by atoms with E-state index in [2.05, 4.69) is 11.1 Å². The van der Waals surface area contributed by atoms with Crippen LogP contribution in [0.3, 0.4) is 0 Å². The molecule has 6 heteroatoms. The number of benzene rings is 2. The van der Waals surface area contributed by atoms with Gasteiger partial charge in [-0.2, -0.15) is 5.26 Å². The van der Waals surface area contributed by atoms with E-state index in [4.69, 9.17) is 11.1 Å². The molecule has 0 aliphatic heterocycles. The molecule has 114 valence electrons. The van der Waals surface area contributed by atoms with Crippen LogP contribution in [0.2, 0.25) is 0 Å². The van der Waals surface area contributed by atoms with Crippen LogP contribution in [0.25, 0.3) is 10.9 Å². The molecule has 3 rings (SSSR count). The van der Waals surface area contributed by atoms with Crippen molar-refractivity contribution in [2.75, 3.05) is 5.84 Å². The second kappa shape index (κ2) is 6.15. The van der Waals surface area contributed by atoms with Crippen LogP contribution >= 0.6 is 11.8 Å². The highest BCUT2D eigenvalue weighted by Crippen LogP contribution is 2.21. The smallest absolute Gasteiger partial charge is 0.280 e. The Hall–Kier alpha value is -2.78. The molecule has 2 N–H and O–H groups in total. The van der Waals surface area contributed by atoms with Crippen molar-refractivity contribution in [2.24, 2.45) is 0 Å². The van der Waals surface area contributed by atoms with Crippen LogP contribution in [0.1, 0.15) is 16.7 Å². The third kappa shape index (κ3) is 3.05. The Morgan fingerprint density at radius 3 is 2.91 bits per heavy atom. The van der Waals surface area contributed by atoms with Gasteiger partial charge in [-0.25, -0.2) is 9.66 Å². The maximum Gasteiger partial charge on any atom is 0.280 e. The molecule has 0 radical (unpaired) electrons. The highest BCUT2D eigenvalue weighted by Gasteiger charge is 2.10. The van der Waals surface area contributed by atoms with Crippen molar-refractivity contribution in [3.63, 3.8) is 0 Å². The predicted octanol–water partition coefficient (Wildman–Crippen LogP) is 2.58. The van der Waals surface area contributed by atoms with E-state index in [-0.39, 0.29) is 5.56 Å². The number of rotatable bonds is 3. The summed E-state index contributed by atoms with van der Waals surface area (Å²) in [6.45, 7) is 1.92. The van der Waals surface area contributed by atoms with Crippen LogP contribution < -0.4 is 11.4 Å². The normalized spacial score (nSPS) is 10.6. The van der Waals surface area contributed by atoms with Crippen molar-refractivity contribution in [3.8, 4) is 6.07 Å². The van der Waals surface area contributed by atoms with Crippen LogP contribution in [0, 0.1) is 18.3 Å². The van der Waals surface area contributed by atoms with Crippen molar-refractivity contribution in [1.82, 2.24) is 9.66 Å². The first-order valence-electron chi connectivity index (χ1n) is 6.99. The molecule has 0 unspecified atom stereocenters. The second-order valence-corrected chi connectivity index (χ2v) is 6.13. The van der Waals surface area contributed by atoms with Gasteiger partial charge in [0, 0.05) is 5.75 Å². The topological polar surface area (TPSA) is 84.7 Å². The van der Waals surface area contributed by atoms with E-state index in [0.29, 0.717) is 27.4 Å². The third-order valence-corrected chi connectivity index (χ3v) is 4.47. The predicted molar refractivity (Wildman–Crippen MR) is 91.6 cm³/mol. The lowest BCUT2D eigenvalue weighted by atomic mass is 10.2. The molecule has 0 aliphatic carbocycles. The van der Waals surface area contributed by atoms with Gasteiger partial charge in [0.1, 0.15) is 0 Å².